The second-order valence-corrected chi connectivity index (χ2v) is 8.53. The van der Waals surface area contributed by atoms with E-state index in [2.05, 4.69) is 0 Å². The number of rotatable bonds is 6. The number of benzene rings is 3. The Hall–Kier alpha value is -2.90. The lowest BCUT2D eigenvalue weighted by Gasteiger charge is -2.25. The maximum absolute atomic E-state index is 13.3. The van der Waals surface area contributed by atoms with Gasteiger partial charge in [-0.05, 0) is 42.8 Å². The largest absolute Gasteiger partial charge is 0.269 e. The summed E-state index contributed by atoms with van der Waals surface area (Å²) < 4.78 is 27.9. The van der Waals surface area contributed by atoms with Crippen LogP contribution < -0.4 is 4.31 Å². The zero-order chi connectivity index (χ0) is 20.3. The van der Waals surface area contributed by atoms with Crippen molar-refractivity contribution in [3.8, 4) is 0 Å². The number of sulfonamides is 1. The average Bonchev–Trinajstić information content (AvgIpc) is 2.67. The zero-order valence-electron chi connectivity index (χ0n) is 14.9. The van der Waals surface area contributed by atoms with Gasteiger partial charge in [-0.2, -0.15) is 0 Å². The van der Waals surface area contributed by atoms with Crippen LogP contribution >= 0.6 is 11.6 Å². The number of nitrogens with zero attached hydrogens (tertiary/aromatic N) is 2. The van der Waals surface area contributed by atoms with E-state index in [9.17, 15) is 18.5 Å². The van der Waals surface area contributed by atoms with Crippen LogP contribution in [-0.4, -0.2) is 13.3 Å². The van der Waals surface area contributed by atoms with E-state index < -0.39 is 14.9 Å². The second-order valence-electron chi connectivity index (χ2n) is 6.23. The number of nitro benzene ring substituents is 1. The number of hydrogen-bond acceptors (Lipinski definition) is 4. The van der Waals surface area contributed by atoms with Crippen molar-refractivity contribution in [3.63, 3.8) is 0 Å². The number of halogens is 1. The molecule has 0 unspecified atom stereocenters. The summed E-state index contributed by atoms with van der Waals surface area (Å²) in [5, 5.41) is 11.3. The third-order valence-electron chi connectivity index (χ3n) is 4.18. The predicted octanol–water partition coefficient (Wildman–Crippen LogP) is 4.95. The molecule has 0 N–H and O–H groups in total. The highest BCUT2D eigenvalue weighted by Crippen LogP contribution is 2.29. The summed E-state index contributed by atoms with van der Waals surface area (Å²) in [6.07, 6.45) is 0. The molecule has 8 heteroatoms. The van der Waals surface area contributed by atoms with Gasteiger partial charge in [0, 0.05) is 17.2 Å². The highest BCUT2D eigenvalue weighted by atomic mass is 35.5. The van der Waals surface area contributed by atoms with Crippen molar-refractivity contribution in [1.29, 1.82) is 0 Å². The summed E-state index contributed by atoms with van der Waals surface area (Å²) in [7, 11) is -3.97. The summed E-state index contributed by atoms with van der Waals surface area (Å²) in [5.74, 6) is 0. The van der Waals surface area contributed by atoms with Crippen LogP contribution in [0.25, 0.3) is 0 Å². The fraction of sp³-hybridized carbons (Fsp3) is 0.100. The van der Waals surface area contributed by atoms with E-state index >= 15 is 0 Å². The van der Waals surface area contributed by atoms with E-state index in [0.29, 0.717) is 10.7 Å². The van der Waals surface area contributed by atoms with Crippen molar-refractivity contribution >= 4 is 33.0 Å². The smallest absolute Gasteiger partial charge is 0.262 e. The summed E-state index contributed by atoms with van der Waals surface area (Å²) in [6, 6.07) is 18.9. The summed E-state index contributed by atoms with van der Waals surface area (Å²) in [5.41, 5.74) is 2.10. The van der Waals surface area contributed by atoms with Crippen LogP contribution in [0.2, 0.25) is 5.02 Å². The molecule has 0 aliphatic rings. The van der Waals surface area contributed by atoms with Gasteiger partial charge in [0.1, 0.15) is 0 Å². The third-order valence-corrected chi connectivity index (χ3v) is 6.20. The molecule has 0 bridgehead atoms. The Morgan fingerprint density at radius 1 is 1.00 bits per heavy atom. The molecule has 0 aliphatic heterocycles. The van der Waals surface area contributed by atoms with Gasteiger partial charge < -0.3 is 0 Å². The molecule has 0 heterocycles. The second kappa shape index (κ2) is 8.00. The van der Waals surface area contributed by atoms with Crippen molar-refractivity contribution in [2.45, 2.75) is 18.4 Å². The number of anilines is 1. The van der Waals surface area contributed by atoms with Crippen LogP contribution in [0.5, 0.6) is 0 Å². The van der Waals surface area contributed by atoms with E-state index in [1.54, 1.807) is 24.3 Å². The van der Waals surface area contributed by atoms with E-state index in [-0.39, 0.29) is 17.1 Å². The minimum Gasteiger partial charge on any atom is -0.262 e. The van der Waals surface area contributed by atoms with Crippen molar-refractivity contribution in [2.24, 2.45) is 0 Å². The average molecular weight is 417 g/mol. The van der Waals surface area contributed by atoms with E-state index in [0.717, 1.165) is 11.1 Å². The first kappa shape index (κ1) is 19.9. The van der Waals surface area contributed by atoms with Gasteiger partial charge in [-0.15, -0.1) is 0 Å². The van der Waals surface area contributed by atoms with Crippen LogP contribution in [-0.2, 0) is 16.6 Å². The van der Waals surface area contributed by atoms with Crippen molar-refractivity contribution < 1.29 is 13.3 Å². The number of aryl methyl sites for hydroxylation is 1. The highest BCUT2D eigenvalue weighted by molar-refractivity contribution is 7.92. The molecular formula is C20H17ClN2O4S. The van der Waals surface area contributed by atoms with Gasteiger partial charge in [0.15, 0.2) is 0 Å². The maximum Gasteiger partial charge on any atom is 0.269 e. The van der Waals surface area contributed by atoms with E-state index in [1.807, 2.05) is 31.2 Å². The van der Waals surface area contributed by atoms with Gasteiger partial charge in [0.05, 0.1) is 22.1 Å². The van der Waals surface area contributed by atoms with Crippen LogP contribution in [0.4, 0.5) is 11.4 Å². The van der Waals surface area contributed by atoms with Crippen LogP contribution in [0.15, 0.2) is 77.7 Å². The predicted molar refractivity (Wildman–Crippen MR) is 109 cm³/mol. The first-order valence-electron chi connectivity index (χ1n) is 8.36. The quantitative estimate of drug-likeness (QED) is 0.420. The molecule has 0 spiro atoms. The Labute approximate surface area is 168 Å². The molecule has 3 aromatic rings. The molecule has 28 heavy (non-hydrogen) atoms. The zero-order valence-corrected chi connectivity index (χ0v) is 16.5. The molecule has 0 saturated carbocycles. The van der Waals surface area contributed by atoms with Gasteiger partial charge in [0.25, 0.3) is 15.7 Å². The number of non-ortho nitro benzene ring substituents is 1. The van der Waals surface area contributed by atoms with Crippen molar-refractivity contribution in [3.05, 3.63) is 99.1 Å². The van der Waals surface area contributed by atoms with E-state index in [4.69, 9.17) is 11.6 Å². The SMILES string of the molecule is Cc1ccc(CN(c2cccc(Cl)c2)S(=O)(=O)c2ccc([N+](=O)[O-])cc2)cc1. The lowest BCUT2D eigenvalue weighted by Crippen LogP contribution is -2.30. The molecule has 0 radical (unpaired) electrons. The molecule has 6 nitrogen and oxygen atoms in total. The molecule has 0 amide bonds. The lowest BCUT2D eigenvalue weighted by atomic mass is 10.1. The normalized spacial score (nSPS) is 11.2. The Morgan fingerprint density at radius 3 is 2.21 bits per heavy atom. The highest BCUT2D eigenvalue weighted by Gasteiger charge is 2.26. The summed E-state index contributed by atoms with van der Waals surface area (Å²) >= 11 is 6.07. The first-order valence-corrected chi connectivity index (χ1v) is 10.2. The molecule has 3 rings (SSSR count). The molecular weight excluding hydrogens is 400 g/mol. The van der Waals surface area contributed by atoms with Crippen molar-refractivity contribution in [1.82, 2.24) is 0 Å². The van der Waals surface area contributed by atoms with E-state index in [1.165, 1.54) is 28.6 Å². The Bertz CT molecular complexity index is 1100. The number of hydrogen-bond donors (Lipinski definition) is 0. The molecule has 0 atom stereocenters. The van der Waals surface area contributed by atoms with Gasteiger partial charge >= 0.3 is 0 Å². The lowest BCUT2D eigenvalue weighted by molar-refractivity contribution is -0.384. The maximum atomic E-state index is 13.3. The minimum atomic E-state index is -3.97. The molecule has 0 aliphatic carbocycles. The number of nitro groups is 1. The minimum absolute atomic E-state index is 0.0369. The first-order chi connectivity index (χ1) is 13.3. The molecule has 3 aromatic carbocycles. The summed E-state index contributed by atoms with van der Waals surface area (Å²) in [6.45, 7) is 2.05. The molecule has 0 aromatic heterocycles. The Kier molecular flexibility index (Phi) is 5.67. The van der Waals surface area contributed by atoms with Crippen molar-refractivity contribution in [2.75, 3.05) is 4.31 Å². The standard InChI is InChI=1S/C20H17ClN2O4S/c1-15-5-7-16(8-6-15)14-22(19-4-2-3-17(21)13-19)28(26,27)20-11-9-18(10-12-20)23(24)25/h2-13H,14H2,1H3. The fourth-order valence-corrected chi connectivity index (χ4v) is 4.30. The van der Waals surface area contributed by atoms with Crippen LogP contribution in [0, 0.1) is 17.0 Å². The van der Waals surface area contributed by atoms with Crippen LogP contribution in [0.1, 0.15) is 11.1 Å². The van der Waals surface area contributed by atoms with Gasteiger partial charge in [-0.3, -0.25) is 14.4 Å². The van der Waals surface area contributed by atoms with Gasteiger partial charge in [0.2, 0.25) is 0 Å². The topological polar surface area (TPSA) is 80.5 Å². The van der Waals surface area contributed by atoms with Gasteiger partial charge in [-0.25, -0.2) is 8.42 Å². The summed E-state index contributed by atoms with van der Waals surface area (Å²) in [4.78, 5) is 10.2. The molecule has 0 fully saturated rings. The molecule has 144 valence electrons. The third kappa shape index (κ3) is 4.32. The fourth-order valence-electron chi connectivity index (χ4n) is 2.67. The Balaban J connectivity index is 2.06. The van der Waals surface area contributed by atoms with Crippen LogP contribution in [0.3, 0.4) is 0 Å². The Morgan fingerprint density at radius 2 is 1.64 bits per heavy atom. The monoisotopic (exact) mass is 416 g/mol. The van der Waals surface area contributed by atoms with Gasteiger partial charge in [-0.1, -0.05) is 47.5 Å². The molecule has 0 saturated heterocycles.